The van der Waals surface area contributed by atoms with E-state index in [0.29, 0.717) is 6.42 Å². The first-order valence-corrected chi connectivity index (χ1v) is 10.8. The summed E-state index contributed by atoms with van der Waals surface area (Å²) in [4.78, 5) is 26.6. The first kappa shape index (κ1) is 20.3. The Labute approximate surface area is 185 Å². The topological polar surface area (TPSA) is 92.6 Å². The standard InChI is InChI=1S/C24H25N7O/c1-3-17-11-21-22(27-24(17)32)10-16(12-25-21)14-31-8-6-18(7-9-31)19-4-5-20(26-13-19)23-15-30(2)29-28-23/h4-6,10-13,15H,3,7-9,14H2,1-2H3,(H,27,32). The summed E-state index contributed by atoms with van der Waals surface area (Å²) in [6.07, 6.45) is 9.62. The van der Waals surface area contributed by atoms with Gasteiger partial charge in [-0.2, -0.15) is 0 Å². The first-order valence-electron chi connectivity index (χ1n) is 10.8. The predicted molar refractivity (Wildman–Crippen MR) is 124 cm³/mol. The lowest BCUT2D eigenvalue weighted by molar-refractivity contribution is 0.293. The third-order valence-electron chi connectivity index (χ3n) is 5.91. The Kier molecular flexibility index (Phi) is 5.36. The van der Waals surface area contributed by atoms with E-state index in [2.05, 4.69) is 42.3 Å². The molecule has 5 rings (SSSR count). The lowest BCUT2D eigenvalue weighted by Crippen LogP contribution is -2.28. The Morgan fingerprint density at radius 3 is 2.72 bits per heavy atom. The van der Waals surface area contributed by atoms with Gasteiger partial charge in [0.05, 0.1) is 22.9 Å². The zero-order valence-electron chi connectivity index (χ0n) is 18.2. The van der Waals surface area contributed by atoms with Crippen molar-refractivity contribution in [2.24, 2.45) is 7.05 Å². The zero-order chi connectivity index (χ0) is 22.1. The molecular formula is C24H25N7O. The maximum Gasteiger partial charge on any atom is 0.251 e. The van der Waals surface area contributed by atoms with E-state index in [1.165, 1.54) is 5.57 Å². The second kappa shape index (κ2) is 8.47. The molecule has 0 spiro atoms. The molecule has 0 amide bonds. The Hall–Kier alpha value is -3.65. The molecule has 0 bridgehead atoms. The molecule has 0 aromatic carbocycles. The van der Waals surface area contributed by atoms with Gasteiger partial charge in [0.1, 0.15) is 5.69 Å². The lowest BCUT2D eigenvalue weighted by atomic mass is 10.0. The maximum atomic E-state index is 12.1. The van der Waals surface area contributed by atoms with Crippen LogP contribution in [0, 0.1) is 0 Å². The van der Waals surface area contributed by atoms with E-state index in [0.717, 1.165) is 65.2 Å². The van der Waals surface area contributed by atoms with Crippen LogP contribution >= 0.6 is 0 Å². The number of H-pyrrole nitrogens is 1. The van der Waals surface area contributed by atoms with E-state index >= 15 is 0 Å². The zero-order valence-corrected chi connectivity index (χ0v) is 18.2. The number of rotatable bonds is 5. The quantitative estimate of drug-likeness (QED) is 0.526. The SMILES string of the molecule is CCc1cc2ncc(CN3CC=C(c4ccc(-c5cn(C)nn5)nc4)CC3)cc2[nH]c1=O. The van der Waals surface area contributed by atoms with Crippen molar-refractivity contribution in [2.75, 3.05) is 13.1 Å². The third-order valence-corrected chi connectivity index (χ3v) is 5.91. The van der Waals surface area contributed by atoms with Gasteiger partial charge in [0.2, 0.25) is 0 Å². The highest BCUT2D eigenvalue weighted by molar-refractivity contribution is 5.75. The normalized spacial score (nSPS) is 14.6. The Balaban J connectivity index is 1.26. The summed E-state index contributed by atoms with van der Waals surface area (Å²) in [7, 11) is 1.85. The number of hydrogen-bond donors (Lipinski definition) is 1. The van der Waals surface area contributed by atoms with Crippen LogP contribution in [-0.4, -0.2) is 47.9 Å². The first-order chi connectivity index (χ1) is 15.6. The third kappa shape index (κ3) is 4.09. The number of aromatic amines is 1. The highest BCUT2D eigenvalue weighted by atomic mass is 16.1. The molecular weight excluding hydrogens is 402 g/mol. The molecule has 5 heterocycles. The fourth-order valence-corrected chi connectivity index (χ4v) is 4.09. The predicted octanol–water partition coefficient (Wildman–Crippen LogP) is 2.97. The van der Waals surface area contributed by atoms with E-state index in [1.54, 1.807) is 4.68 Å². The van der Waals surface area contributed by atoms with E-state index in [4.69, 9.17) is 0 Å². The minimum atomic E-state index is -0.0246. The van der Waals surface area contributed by atoms with Crippen LogP contribution in [0.4, 0.5) is 0 Å². The smallest absolute Gasteiger partial charge is 0.251 e. The van der Waals surface area contributed by atoms with Crippen molar-refractivity contribution >= 4 is 16.6 Å². The average molecular weight is 428 g/mol. The Bertz CT molecular complexity index is 1350. The van der Waals surface area contributed by atoms with Gasteiger partial charge < -0.3 is 4.98 Å². The molecule has 8 nitrogen and oxygen atoms in total. The molecule has 0 unspecified atom stereocenters. The van der Waals surface area contributed by atoms with Gasteiger partial charge in [-0.15, -0.1) is 5.10 Å². The van der Waals surface area contributed by atoms with Crippen molar-refractivity contribution in [2.45, 2.75) is 26.3 Å². The molecule has 8 heteroatoms. The molecule has 1 aliphatic heterocycles. The van der Waals surface area contributed by atoms with E-state index in [9.17, 15) is 4.79 Å². The lowest BCUT2D eigenvalue weighted by Gasteiger charge is -2.26. The molecule has 0 saturated heterocycles. The monoisotopic (exact) mass is 427 g/mol. The summed E-state index contributed by atoms with van der Waals surface area (Å²) in [5.41, 5.74) is 7.54. The van der Waals surface area contributed by atoms with Crippen LogP contribution in [0.3, 0.4) is 0 Å². The Morgan fingerprint density at radius 2 is 2.03 bits per heavy atom. The molecule has 162 valence electrons. The number of pyridine rings is 3. The second-order valence-corrected chi connectivity index (χ2v) is 8.18. The van der Waals surface area contributed by atoms with Crippen molar-refractivity contribution < 1.29 is 0 Å². The fourth-order valence-electron chi connectivity index (χ4n) is 4.09. The van der Waals surface area contributed by atoms with Gasteiger partial charge >= 0.3 is 0 Å². The Morgan fingerprint density at radius 1 is 1.12 bits per heavy atom. The number of aryl methyl sites for hydroxylation is 2. The summed E-state index contributed by atoms with van der Waals surface area (Å²) in [5.74, 6) is 0. The summed E-state index contributed by atoms with van der Waals surface area (Å²) in [5, 5.41) is 8.08. The van der Waals surface area contributed by atoms with Crippen molar-refractivity contribution in [1.82, 2.24) is 34.8 Å². The van der Waals surface area contributed by atoms with Crippen molar-refractivity contribution in [1.29, 1.82) is 0 Å². The van der Waals surface area contributed by atoms with Crippen molar-refractivity contribution in [3.05, 3.63) is 76.0 Å². The molecule has 1 N–H and O–H groups in total. The van der Waals surface area contributed by atoms with Crippen LogP contribution in [0.1, 0.15) is 30.0 Å². The number of aromatic nitrogens is 6. The van der Waals surface area contributed by atoms with Crippen LogP contribution in [0.25, 0.3) is 28.0 Å². The van der Waals surface area contributed by atoms with Crippen LogP contribution in [-0.2, 0) is 20.0 Å². The summed E-state index contributed by atoms with van der Waals surface area (Å²) >= 11 is 0. The van der Waals surface area contributed by atoms with Crippen molar-refractivity contribution in [3.63, 3.8) is 0 Å². The van der Waals surface area contributed by atoms with E-state index in [-0.39, 0.29) is 5.56 Å². The maximum absolute atomic E-state index is 12.1. The summed E-state index contributed by atoms with van der Waals surface area (Å²) in [6, 6.07) is 8.03. The van der Waals surface area contributed by atoms with Crippen LogP contribution in [0.2, 0.25) is 0 Å². The molecule has 4 aromatic rings. The van der Waals surface area contributed by atoms with Gasteiger partial charge in [-0.1, -0.05) is 24.3 Å². The fraction of sp³-hybridized carbons (Fsp3) is 0.292. The van der Waals surface area contributed by atoms with Gasteiger partial charge in [0.15, 0.2) is 0 Å². The van der Waals surface area contributed by atoms with E-state index < -0.39 is 0 Å². The van der Waals surface area contributed by atoms with Crippen molar-refractivity contribution in [3.8, 4) is 11.4 Å². The molecule has 4 aromatic heterocycles. The molecule has 0 radical (unpaired) electrons. The largest absolute Gasteiger partial charge is 0.320 e. The molecule has 0 saturated carbocycles. The van der Waals surface area contributed by atoms with Gasteiger partial charge in [-0.3, -0.25) is 24.3 Å². The van der Waals surface area contributed by atoms with Gasteiger partial charge in [0, 0.05) is 44.6 Å². The molecule has 0 fully saturated rings. The highest BCUT2D eigenvalue weighted by Crippen LogP contribution is 2.24. The van der Waals surface area contributed by atoms with Gasteiger partial charge in [-0.05, 0) is 47.7 Å². The molecule has 0 aliphatic carbocycles. The molecule has 0 atom stereocenters. The van der Waals surface area contributed by atoms with Gasteiger partial charge in [0.25, 0.3) is 5.56 Å². The van der Waals surface area contributed by atoms with Gasteiger partial charge in [-0.25, -0.2) is 0 Å². The van der Waals surface area contributed by atoms with Crippen LogP contribution in [0.5, 0.6) is 0 Å². The number of hydrogen-bond acceptors (Lipinski definition) is 6. The van der Waals surface area contributed by atoms with Crippen LogP contribution in [0.15, 0.2) is 53.7 Å². The average Bonchev–Trinajstić information content (AvgIpc) is 3.25. The second-order valence-electron chi connectivity index (χ2n) is 8.18. The number of fused-ring (bicyclic) bond motifs is 1. The number of nitrogens with one attached hydrogen (secondary N) is 1. The highest BCUT2D eigenvalue weighted by Gasteiger charge is 2.15. The molecule has 1 aliphatic rings. The minimum absolute atomic E-state index is 0.0246. The minimum Gasteiger partial charge on any atom is -0.320 e. The van der Waals surface area contributed by atoms with Crippen LogP contribution < -0.4 is 5.56 Å². The van der Waals surface area contributed by atoms with E-state index in [1.807, 2.05) is 50.8 Å². The molecule has 32 heavy (non-hydrogen) atoms. The summed E-state index contributed by atoms with van der Waals surface area (Å²) < 4.78 is 1.67. The summed E-state index contributed by atoms with van der Waals surface area (Å²) in [6.45, 7) is 4.60. The number of nitrogens with zero attached hydrogens (tertiary/aromatic N) is 6.